The Bertz CT molecular complexity index is 1050. The van der Waals surface area contributed by atoms with Gasteiger partial charge in [0.25, 0.3) is 0 Å². The number of hydrogen-bond donors (Lipinski definition) is 0. The smallest absolute Gasteiger partial charge is 0.224 e. The third-order valence-electron chi connectivity index (χ3n) is 4.28. The summed E-state index contributed by atoms with van der Waals surface area (Å²) < 4.78 is 20.0. The highest BCUT2D eigenvalue weighted by Crippen LogP contribution is 2.38. The molecule has 0 bridgehead atoms. The molecule has 2 heterocycles. The molecule has 4 rings (SSSR count). The van der Waals surface area contributed by atoms with E-state index in [0.29, 0.717) is 34.5 Å². The van der Waals surface area contributed by atoms with Crippen LogP contribution in [0.25, 0.3) is 11.1 Å². The summed E-state index contributed by atoms with van der Waals surface area (Å²) in [5.74, 6) is 0.735. The summed E-state index contributed by atoms with van der Waals surface area (Å²) >= 11 is 6.24. The topological polar surface area (TPSA) is 47.4 Å². The molecule has 1 aromatic heterocycles. The Morgan fingerprint density at radius 2 is 1.85 bits per heavy atom. The molecule has 0 saturated carbocycles. The summed E-state index contributed by atoms with van der Waals surface area (Å²) in [5, 5.41) is 0.545. The van der Waals surface area contributed by atoms with Crippen molar-refractivity contribution in [1.82, 2.24) is 9.97 Å². The Labute approximate surface area is 155 Å². The van der Waals surface area contributed by atoms with Crippen LogP contribution in [0.3, 0.4) is 0 Å². The van der Waals surface area contributed by atoms with Crippen molar-refractivity contribution in [1.29, 1.82) is 0 Å². The molecule has 2 aromatic carbocycles. The lowest BCUT2D eigenvalue weighted by Gasteiger charge is -2.14. The molecule has 1 aliphatic heterocycles. The maximum Gasteiger partial charge on any atom is 0.224 e. The summed E-state index contributed by atoms with van der Waals surface area (Å²) in [5.41, 5.74) is 4.02. The largest absolute Gasteiger partial charge is 0.480 e. The molecule has 0 unspecified atom stereocenters. The first-order valence-electron chi connectivity index (χ1n) is 8.09. The van der Waals surface area contributed by atoms with Gasteiger partial charge < -0.3 is 4.74 Å². The van der Waals surface area contributed by atoms with Crippen molar-refractivity contribution >= 4 is 17.3 Å². The second-order valence-corrected chi connectivity index (χ2v) is 6.37. The van der Waals surface area contributed by atoms with E-state index in [0.717, 1.165) is 22.4 Å². The van der Waals surface area contributed by atoms with Crippen LogP contribution in [0.5, 0.6) is 5.88 Å². The molecule has 0 fully saturated rings. The molecular formula is C20H15ClFN3O. The number of hydrogen-bond acceptors (Lipinski definition) is 4. The molecule has 1 aliphatic rings. The van der Waals surface area contributed by atoms with Crippen molar-refractivity contribution in [2.75, 3.05) is 7.11 Å². The Balaban J connectivity index is 2.05. The van der Waals surface area contributed by atoms with Crippen LogP contribution in [-0.2, 0) is 6.54 Å². The number of nitrogens with zero attached hydrogens (tertiary/aromatic N) is 3. The monoisotopic (exact) mass is 367 g/mol. The van der Waals surface area contributed by atoms with Gasteiger partial charge >= 0.3 is 0 Å². The second kappa shape index (κ2) is 6.50. The average Bonchev–Trinajstić information content (AvgIpc) is 2.78. The van der Waals surface area contributed by atoms with E-state index in [4.69, 9.17) is 16.3 Å². The van der Waals surface area contributed by atoms with E-state index < -0.39 is 0 Å². The van der Waals surface area contributed by atoms with Crippen molar-refractivity contribution in [2.24, 2.45) is 4.99 Å². The first-order valence-corrected chi connectivity index (χ1v) is 8.47. The van der Waals surface area contributed by atoms with Crippen molar-refractivity contribution < 1.29 is 9.13 Å². The van der Waals surface area contributed by atoms with Gasteiger partial charge in [-0.2, -0.15) is 4.98 Å². The number of fused-ring (bicyclic) bond motifs is 3. The van der Waals surface area contributed by atoms with E-state index in [-0.39, 0.29) is 5.82 Å². The molecule has 0 atom stereocenters. The number of halogens is 2. The lowest BCUT2D eigenvalue weighted by Crippen LogP contribution is -2.07. The normalized spacial score (nSPS) is 12.7. The van der Waals surface area contributed by atoms with E-state index in [2.05, 4.69) is 15.0 Å². The molecule has 4 nitrogen and oxygen atoms in total. The predicted molar refractivity (Wildman–Crippen MR) is 99.5 cm³/mol. The van der Waals surface area contributed by atoms with E-state index in [1.807, 2.05) is 6.07 Å². The van der Waals surface area contributed by atoms with Gasteiger partial charge in [0.2, 0.25) is 5.88 Å². The molecular weight excluding hydrogens is 353 g/mol. The van der Waals surface area contributed by atoms with Crippen LogP contribution in [0.15, 0.2) is 47.5 Å². The van der Waals surface area contributed by atoms with Gasteiger partial charge in [-0.15, -0.1) is 0 Å². The van der Waals surface area contributed by atoms with Crippen LogP contribution in [0.1, 0.15) is 22.6 Å². The first kappa shape index (κ1) is 16.7. The number of methoxy groups -OCH3 is 1. The minimum atomic E-state index is -0.336. The van der Waals surface area contributed by atoms with E-state index >= 15 is 0 Å². The van der Waals surface area contributed by atoms with Crippen LogP contribution in [0.2, 0.25) is 5.02 Å². The molecule has 0 N–H and O–H groups in total. The highest BCUT2D eigenvalue weighted by Gasteiger charge is 2.25. The maximum atomic E-state index is 14.5. The number of aromatic nitrogens is 2. The van der Waals surface area contributed by atoms with Crippen molar-refractivity contribution in [3.05, 3.63) is 75.9 Å². The van der Waals surface area contributed by atoms with Crippen LogP contribution in [0, 0.1) is 12.7 Å². The number of ether oxygens (including phenoxy) is 1. The van der Waals surface area contributed by atoms with Gasteiger partial charge in [0, 0.05) is 16.1 Å². The van der Waals surface area contributed by atoms with E-state index in [1.54, 1.807) is 44.4 Å². The van der Waals surface area contributed by atoms with Crippen molar-refractivity contribution in [3.8, 4) is 17.0 Å². The predicted octanol–water partition coefficient (Wildman–Crippen LogP) is 4.60. The number of aliphatic imine (C=N–C) groups is 1. The van der Waals surface area contributed by atoms with Crippen LogP contribution >= 0.6 is 11.6 Å². The first-order chi connectivity index (χ1) is 12.6. The fourth-order valence-corrected chi connectivity index (χ4v) is 3.36. The minimum Gasteiger partial charge on any atom is -0.480 e. The highest BCUT2D eigenvalue weighted by atomic mass is 35.5. The Morgan fingerprint density at radius 3 is 2.62 bits per heavy atom. The molecule has 130 valence electrons. The van der Waals surface area contributed by atoms with Crippen LogP contribution < -0.4 is 4.74 Å². The molecule has 0 amide bonds. The van der Waals surface area contributed by atoms with Crippen molar-refractivity contribution in [2.45, 2.75) is 13.5 Å². The SMILES string of the molecule is COc1nc(C)nc2c1-c1ccc(Cl)cc1C(c1ccccc1F)=NC2. The van der Waals surface area contributed by atoms with Gasteiger partial charge in [0.05, 0.1) is 30.6 Å². The van der Waals surface area contributed by atoms with E-state index in [1.165, 1.54) is 6.07 Å². The zero-order valence-electron chi connectivity index (χ0n) is 14.3. The van der Waals surface area contributed by atoms with Gasteiger partial charge in [-0.1, -0.05) is 29.8 Å². The van der Waals surface area contributed by atoms with Gasteiger partial charge in [-0.05, 0) is 36.8 Å². The standard InChI is InChI=1S/C20H15ClFN3O/c1-11-24-17-10-23-19(14-5-3-4-6-16(14)22)15-9-12(21)7-8-13(15)18(17)20(25-11)26-2/h3-9H,10H2,1-2H3. The summed E-state index contributed by atoms with van der Waals surface area (Å²) in [6, 6.07) is 12.0. The molecule has 0 aliphatic carbocycles. The fourth-order valence-electron chi connectivity index (χ4n) is 3.19. The molecule has 6 heteroatoms. The summed E-state index contributed by atoms with van der Waals surface area (Å²) in [6.07, 6.45) is 0. The number of aryl methyl sites for hydroxylation is 1. The lowest BCUT2D eigenvalue weighted by atomic mass is 9.93. The number of rotatable bonds is 2. The minimum absolute atomic E-state index is 0.297. The van der Waals surface area contributed by atoms with Crippen LogP contribution in [-0.4, -0.2) is 22.8 Å². The zero-order valence-corrected chi connectivity index (χ0v) is 15.0. The Morgan fingerprint density at radius 1 is 1.04 bits per heavy atom. The molecule has 0 radical (unpaired) electrons. The van der Waals surface area contributed by atoms with Crippen molar-refractivity contribution in [3.63, 3.8) is 0 Å². The molecule has 26 heavy (non-hydrogen) atoms. The van der Waals surface area contributed by atoms with Crippen LogP contribution in [0.4, 0.5) is 4.39 Å². The third-order valence-corrected chi connectivity index (χ3v) is 4.51. The zero-order chi connectivity index (χ0) is 18.3. The fraction of sp³-hybridized carbons (Fsp3) is 0.150. The van der Waals surface area contributed by atoms with Gasteiger partial charge in [-0.25, -0.2) is 9.37 Å². The molecule has 0 spiro atoms. The summed E-state index contributed by atoms with van der Waals surface area (Å²) in [4.78, 5) is 13.6. The quantitative estimate of drug-likeness (QED) is 0.664. The summed E-state index contributed by atoms with van der Waals surface area (Å²) in [6.45, 7) is 2.10. The van der Waals surface area contributed by atoms with Gasteiger partial charge in [0.1, 0.15) is 11.6 Å². The Hall–Kier alpha value is -2.79. The molecule has 3 aromatic rings. The second-order valence-electron chi connectivity index (χ2n) is 5.94. The highest BCUT2D eigenvalue weighted by molar-refractivity contribution is 6.31. The summed E-state index contributed by atoms with van der Waals surface area (Å²) in [7, 11) is 1.57. The van der Waals surface area contributed by atoms with Gasteiger partial charge in [-0.3, -0.25) is 4.99 Å². The Kier molecular flexibility index (Phi) is 4.17. The van der Waals surface area contributed by atoms with Gasteiger partial charge in [0.15, 0.2) is 0 Å². The third kappa shape index (κ3) is 2.74. The number of benzene rings is 2. The van der Waals surface area contributed by atoms with E-state index in [9.17, 15) is 4.39 Å². The average molecular weight is 368 g/mol. The molecule has 0 saturated heterocycles. The maximum absolute atomic E-state index is 14.5. The lowest BCUT2D eigenvalue weighted by molar-refractivity contribution is 0.396.